The van der Waals surface area contributed by atoms with Gasteiger partial charge in [0.25, 0.3) is 5.91 Å². The molecular weight excluding hydrogens is 338 g/mol. The normalized spacial score (nSPS) is 22.2. The maximum atomic E-state index is 12.7. The monoisotopic (exact) mass is 367 g/mol. The fourth-order valence-corrected chi connectivity index (χ4v) is 3.97. The van der Waals surface area contributed by atoms with Crippen LogP contribution in [0.15, 0.2) is 30.3 Å². The summed E-state index contributed by atoms with van der Waals surface area (Å²) in [5.41, 5.74) is 10.8. The van der Waals surface area contributed by atoms with Gasteiger partial charge in [-0.1, -0.05) is 12.1 Å². The molecule has 2 unspecified atom stereocenters. The number of rotatable bonds is 6. The van der Waals surface area contributed by atoms with Gasteiger partial charge in [0.1, 0.15) is 0 Å². The maximum Gasteiger partial charge on any atom is 0.253 e. The molecule has 2 heterocycles. The Balaban J connectivity index is 1.33. The highest BCUT2D eigenvalue weighted by molar-refractivity contribution is 5.94. The average Bonchev–Trinajstić information content (AvgIpc) is 3.32. The standard InChI is InChI=1S/C21H29N5O/c1-14-10-15(2)26(24-14)12-16-4-6-18(7-5-16)21(27)25(3)13-19-11-20(23-22-19)17-8-9-17/h4-7,10,17,19-20,22-23H,8-9,11-13H2,1-3H3. The van der Waals surface area contributed by atoms with E-state index in [1.165, 1.54) is 12.8 Å². The molecule has 1 aromatic carbocycles. The van der Waals surface area contributed by atoms with Gasteiger partial charge in [-0.15, -0.1) is 0 Å². The fraction of sp³-hybridized carbons (Fsp3) is 0.524. The number of hydrazine groups is 1. The summed E-state index contributed by atoms with van der Waals surface area (Å²) in [5.74, 6) is 0.905. The highest BCUT2D eigenvalue weighted by Gasteiger charge is 2.36. The van der Waals surface area contributed by atoms with E-state index in [0.717, 1.165) is 47.9 Å². The summed E-state index contributed by atoms with van der Waals surface area (Å²) in [5, 5.41) is 4.50. The van der Waals surface area contributed by atoms with Crippen LogP contribution in [0.2, 0.25) is 0 Å². The third kappa shape index (κ3) is 4.22. The summed E-state index contributed by atoms with van der Waals surface area (Å²) < 4.78 is 1.99. The molecule has 1 saturated heterocycles. The van der Waals surface area contributed by atoms with Gasteiger partial charge in [0.15, 0.2) is 0 Å². The van der Waals surface area contributed by atoms with Crippen LogP contribution < -0.4 is 10.9 Å². The lowest BCUT2D eigenvalue weighted by Crippen LogP contribution is -2.41. The van der Waals surface area contributed by atoms with Crippen molar-refractivity contribution in [3.8, 4) is 0 Å². The van der Waals surface area contributed by atoms with Gasteiger partial charge in [0, 0.05) is 36.9 Å². The third-order valence-corrected chi connectivity index (χ3v) is 5.68. The van der Waals surface area contributed by atoms with Crippen LogP contribution in [0.1, 0.15) is 46.6 Å². The number of carbonyl (C=O) groups is 1. The number of hydrogen-bond acceptors (Lipinski definition) is 4. The van der Waals surface area contributed by atoms with Crippen molar-refractivity contribution in [2.24, 2.45) is 5.92 Å². The van der Waals surface area contributed by atoms with Crippen molar-refractivity contribution in [1.29, 1.82) is 0 Å². The topological polar surface area (TPSA) is 62.2 Å². The van der Waals surface area contributed by atoms with Crippen LogP contribution in [0.4, 0.5) is 0 Å². The predicted molar refractivity (Wildman–Crippen MR) is 105 cm³/mol. The molecule has 2 atom stereocenters. The first-order valence-corrected chi connectivity index (χ1v) is 9.86. The second-order valence-corrected chi connectivity index (χ2v) is 8.13. The highest BCUT2D eigenvalue weighted by Crippen LogP contribution is 2.35. The maximum absolute atomic E-state index is 12.7. The van der Waals surface area contributed by atoms with Crippen LogP contribution in [0.25, 0.3) is 0 Å². The minimum atomic E-state index is 0.0735. The number of aryl methyl sites for hydroxylation is 2. The number of nitrogens with one attached hydrogen (secondary N) is 2. The summed E-state index contributed by atoms with van der Waals surface area (Å²) in [6.07, 6.45) is 3.78. The van der Waals surface area contributed by atoms with Gasteiger partial charge in [-0.05, 0) is 62.8 Å². The van der Waals surface area contributed by atoms with Gasteiger partial charge >= 0.3 is 0 Å². The Morgan fingerprint density at radius 1 is 1.22 bits per heavy atom. The van der Waals surface area contributed by atoms with Gasteiger partial charge in [-0.2, -0.15) is 5.10 Å². The molecule has 4 rings (SSSR count). The second-order valence-electron chi connectivity index (χ2n) is 8.13. The molecule has 27 heavy (non-hydrogen) atoms. The molecule has 2 N–H and O–H groups in total. The predicted octanol–water partition coefficient (Wildman–Crippen LogP) is 2.27. The van der Waals surface area contributed by atoms with E-state index < -0.39 is 0 Å². The van der Waals surface area contributed by atoms with E-state index in [0.29, 0.717) is 12.1 Å². The number of hydrogen-bond donors (Lipinski definition) is 2. The smallest absolute Gasteiger partial charge is 0.253 e. The Hall–Kier alpha value is -2.18. The number of aromatic nitrogens is 2. The van der Waals surface area contributed by atoms with Crippen LogP contribution in [0.3, 0.4) is 0 Å². The highest BCUT2D eigenvalue weighted by atomic mass is 16.2. The average molecular weight is 367 g/mol. The van der Waals surface area contributed by atoms with Crippen LogP contribution in [-0.2, 0) is 6.54 Å². The van der Waals surface area contributed by atoms with E-state index >= 15 is 0 Å². The SMILES string of the molecule is Cc1cc(C)n(Cc2ccc(C(=O)N(C)CC3CC(C4CC4)NN3)cc2)n1. The van der Waals surface area contributed by atoms with Crippen molar-refractivity contribution in [2.45, 2.75) is 51.7 Å². The summed E-state index contributed by atoms with van der Waals surface area (Å²) in [6.45, 7) is 5.52. The summed E-state index contributed by atoms with van der Waals surface area (Å²) >= 11 is 0. The lowest BCUT2D eigenvalue weighted by molar-refractivity contribution is 0.0783. The molecule has 1 aromatic heterocycles. The zero-order chi connectivity index (χ0) is 19.0. The van der Waals surface area contributed by atoms with E-state index in [-0.39, 0.29) is 5.91 Å². The summed E-state index contributed by atoms with van der Waals surface area (Å²) in [7, 11) is 1.89. The molecule has 6 heteroatoms. The molecule has 6 nitrogen and oxygen atoms in total. The molecule has 0 bridgehead atoms. The van der Waals surface area contributed by atoms with Gasteiger partial charge in [-0.25, -0.2) is 0 Å². The summed E-state index contributed by atoms with van der Waals surface area (Å²) in [4.78, 5) is 14.6. The molecule has 0 spiro atoms. The third-order valence-electron chi connectivity index (χ3n) is 5.68. The quantitative estimate of drug-likeness (QED) is 0.822. The van der Waals surface area contributed by atoms with Crippen molar-refractivity contribution in [3.05, 3.63) is 52.8 Å². The Bertz CT molecular complexity index is 808. The Labute approximate surface area is 160 Å². The number of benzene rings is 1. The molecule has 1 amide bonds. The minimum absolute atomic E-state index is 0.0735. The number of nitrogens with zero attached hydrogens (tertiary/aromatic N) is 3. The van der Waals surface area contributed by atoms with Gasteiger partial charge in [-0.3, -0.25) is 20.3 Å². The Kier molecular flexibility index (Phi) is 5.02. The van der Waals surface area contributed by atoms with Crippen LogP contribution in [-0.4, -0.2) is 46.3 Å². The fourth-order valence-electron chi connectivity index (χ4n) is 3.97. The van der Waals surface area contributed by atoms with E-state index in [4.69, 9.17) is 0 Å². The second kappa shape index (κ2) is 7.44. The Morgan fingerprint density at radius 3 is 2.59 bits per heavy atom. The largest absolute Gasteiger partial charge is 0.340 e. The molecule has 2 aliphatic rings. The molecule has 0 radical (unpaired) electrons. The minimum Gasteiger partial charge on any atom is -0.340 e. The first kappa shape index (κ1) is 18.2. The molecule has 144 valence electrons. The van der Waals surface area contributed by atoms with Crippen molar-refractivity contribution in [1.82, 2.24) is 25.5 Å². The number of carbonyl (C=O) groups excluding carboxylic acids is 1. The zero-order valence-electron chi connectivity index (χ0n) is 16.4. The van der Waals surface area contributed by atoms with Gasteiger partial charge < -0.3 is 4.90 Å². The van der Waals surface area contributed by atoms with Crippen molar-refractivity contribution < 1.29 is 4.79 Å². The molecule has 1 aliphatic carbocycles. The van der Waals surface area contributed by atoms with E-state index in [1.54, 1.807) is 0 Å². The first-order valence-electron chi connectivity index (χ1n) is 9.86. The van der Waals surface area contributed by atoms with Crippen LogP contribution in [0.5, 0.6) is 0 Å². The van der Waals surface area contributed by atoms with E-state index in [1.807, 2.05) is 47.8 Å². The molecule has 1 saturated carbocycles. The lowest BCUT2D eigenvalue weighted by atomic mass is 10.1. The van der Waals surface area contributed by atoms with Crippen LogP contribution >= 0.6 is 0 Å². The molecule has 1 aliphatic heterocycles. The zero-order valence-corrected chi connectivity index (χ0v) is 16.4. The molecular formula is C21H29N5O. The lowest BCUT2D eigenvalue weighted by Gasteiger charge is -2.21. The Morgan fingerprint density at radius 2 is 1.96 bits per heavy atom. The number of amides is 1. The van der Waals surface area contributed by atoms with E-state index in [2.05, 4.69) is 28.9 Å². The molecule has 2 aromatic rings. The van der Waals surface area contributed by atoms with Gasteiger partial charge in [0.05, 0.1) is 12.2 Å². The van der Waals surface area contributed by atoms with E-state index in [9.17, 15) is 4.79 Å². The van der Waals surface area contributed by atoms with Crippen molar-refractivity contribution in [2.75, 3.05) is 13.6 Å². The molecule has 2 fully saturated rings. The van der Waals surface area contributed by atoms with Crippen LogP contribution in [0, 0.1) is 19.8 Å². The van der Waals surface area contributed by atoms with Crippen molar-refractivity contribution >= 4 is 5.91 Å². The summed E-state index contributed by atoms with van der Waals surface area (Å²) in [6, 6.07) is 10.9. The van der Waals surface area contributed by atoms with Crippen molar-refractivity contribution in [3.63, 3.8) is 0 Å². The number of likely N-dealkylation sites (N-methyl/N-ethyl adjacent to an activating group) is 1. The first-order chi connectivity index (χ1) is 13.0. The van der Waals surface area contributed by atoms with Gasteiger partial charge in [0.2, 0.25) is 0 Å².